The molecule has 0 bridgehead atoms. The molecule has 6 nitrogen and oxygen atoms in total. The van der Waals surface area contributed by atoms with E-state index in [1.807, 2.05) is 12.1 Å². The molecule has 3 heterocycles. The van der Waals surface area contributed by atoms with Crippen LogP contribution in [0.25, 0.3) is 11.0 Å². The van der Waals surface area contributed by atoms with E-state index < -0.39 is 0 Å². The van der Waals surface area contributed by atoms with Crippen LogP contribution in [0.3, 0.4) is 0 Å². The first kappa shape index (κ1) is 12.9. The van der Waals surface area contributed by atoms with Crippen molar-refractivity contribution in [2.24, 2.45) is 0 Å². The van der Waals surface area contributed by atoms with Gasteiger partial charge in [-0.3, -0.25) is 0 Å². The smallest absolute Gasteiger partial charge is 0.163 e. The molecule has 1 saturated heterocycles. The Bertz CT molecular complexity index is 612. The first-order valence-electron chi connectivity index (χ1n) is 7.45. The molecular formula is C15H19N3O3. The van der Waals surface area contributed by atoms with Gasteiger partial charge >= 0.3 is 0 Å². The Labute approximate surface area is 122 Å². The van der Waals surface area contributed by atoms with Gasteiger partial charge in [0.05, 0.1) is 30.2 Å². The molecule has 2 aromatic rings. The van der Waals surface area contributed by atoms with Crippen molar-refractivity contribution in [3.05, 3.63) is 18.0 Å². The number of nitrogens with zero attached hydrogens (tertiary/aromatic N) is 1. The Hall–Kier alpha value is -1.79. The SMILES string of the molecule is CCNC1COCC1c1nc2cc3c(cc2[nH]1)OCCO3. The Morgan fingerprint density at radius 1 is 1.24 bits per heavy atom. The summed E-state index contributed by atoms with van der Waals surface area (Å²) < 4.78 is 16.8. The van der Waals surface area contributed by atoms with Crippen LogP contribution in [-0.2, 0) is 4.74 Å². The van der Waals surface area contributed by atoms with Crippen LogP contribution in [0.4, 0.5) is 0 Å². The van der Waals surface area contributed by atoms with Crippen molar-refractivity contribution < 1.29 is 14.2 Å². The average Bonchev–Trinajstić information content (AvgIpc) is 3.10. The Kier molecular flexibility index (Phi) is 3.20. The fourth-order valence-electron chi connectivity index (χ4n) is 3.03. The molecule has 1 aromatic heterocycles. The lowest BCUT2D eigenvalue weighted by atomic mass is 10.0. The zero-order valence-electron chi connectivity index (χ0n) is 12.0. The second-order valence-electron chi connectivity index (χ2n) is 5.44. The molecule has 0 aliphatic carbocycles. The fourth-order valence-corrected chi connectivity index (χ4v) is 3.03. The van der Waals surface area contributed by atoms with Gasteiger partial charge < -0.3 is 24.5 Å². The summed E-state index contributed by atoms with van der Waals surface area (Å²) in [6, 6.07) is 4.23. The van der Waals surface area contributed by atoms with Gasteiger partial charge in [0.15, 0.2) is 11.5 Å². The number of hydrogen-bond acceptors (Lipinski definition) is 5. The van der Waals surface area contributed by atoms with Gasteiger partial charge in [-0.2, -0.15) is 0 Å². The number of nitrogens with one attached hydrogen (secondary N) is 2. The van der Waals surface area contributed by atoms with Gasteiger partial charge in [0.2, 0.25) is 0 Å². The molecule has 0 saturated carbocycles. The van der Waals surface area contributed by atoms with Gasteiger partial charge in [0, 0.05) is 18.2 Å². The van der Waals surface area contributed by atoms with Crippen molar-refractivity contribution in [3.63, 3.8) is 0 Å². The lowest BCUT2D eigenvalue weighted by Gasteiger charge is -2.17. The minimum Gasteiger partial charge on any atom is -0.486 e. The number of H-pyrrole nitrogens is 1. The number of aromatic amines is 1. The minimum atomic E-state index is 0.260. The molecule has 2 aliphatic rings. The third kappa shape index (κ3) is 2.24. The van der Waals surface area contributed by atoms with Crippen molar-refractivity contribution in [2.75, 3.05) is 33.0 Å². The van der Waals surface area contributed by atoms with Gasteiger partial charge in [-0.1, -0.05) is 6.92 Å². The normalized spacial score (nSPS) is 24.6. The Morgan fingerprint density at radius 3 is 2.86 bits per heavy atom. The van der Waals surface area contributed by atoms with E-state index in [1.54, 1.807) is 0 Å². The third-order valence-corrected chi connectivity index (χ3v) is 4.06. The summed E-state index contributed by atoms with van der Waals surface area (Å²) in [5, 5.41) is 3.46. The summed E-state index contributed by atoms with van der Waals surface area (Å²) in [5.41, 5.74) is 1.90. The maximum Gasteiger partial charge on any atom is 0.163 e. The standard InChI is InChI=1S/C15H19N3O3/c1-2-16-12-8-19-7-9(12)15-17-10-5-13-14(6-11(10)18-15)21-4-3-20-13/h5-6,9,12,16H,2-4,7-8H2,1H3,(H,17,18). The predicted molar refractivity (Wildman–Crippen MR) is 78.1 cm³/mol. The molecule has 6 heteroatoms. The lowest BCUT2D eigenvalue weighted by Crippen LogP contribution is -2.34. The maximum atomic E-state index is 5.62. The average molecular weight is 289 g/mol. The van der Waals surface area contributed by atoms with Crippen LogP contribution in [0.2, 0.25) is 0 Å². The summed E-state index contributed by atoms with van der Waals surface area (Å²) in [4.78, 5) is 8.13. The second kappa shape index (κ2) is 5.20. The fraction of sp³-hybridized carbons (Fsp3) is 0.533. The van der Waals surface area contributed by atoms with E-state index in [4.69, 9.17) is 19.2 Å². The molecule has 2 N–H and O–H groups in total. The van der Waals surface area contributed by atoms with Crippen LogP contribution < -0.4 is 14.8 Å². The van der Waals surface area contributed by atoms with Gasteiger partial charge in [-0.25, -0.2) is 4.98 Å². The highest BCUT2D eigenvalue weighted by Gasteiger charge is 2.31. The van der Waals surface area contributed by atoms with Crippen molar-refractivity contribution in [1.82, 2.24) is 15.3 Å². The molecule has 0 amide bonds. The molecule has 1 aromatic carbocycles. The van der Waals surface area contributed by atoms with Gasteiger partial charge in [-0.05, 0) is 6.54 Å². The molecule has 2 unspecified atom stereocenters. The van der Waals surface area contributed by atoms with Gasteiger partial charge in [0.25, 0.3) is 0 Å². The molecule has 0 radical (unpaired) electrons. The van der Waals surface area contributed by atoms with Crippen molar-refractivity contribution >= 4 is 11.0 Å². The number of likely N-dealkylation sites (N-methyl/N-ethyl adjacent to an activating group) is 1. The van der Waals surface area contributed by atoms with Crippen molar-refractivity contribution in [1.29, 1.82) is 0 Å². The topological polar surface area (TPSA) is 68.4 Å². The molecule has 2 aliphatic heterocycles. The molecule has 4 rings (SSSR count). The molecule has 21 heavy (non-hydrogen) atoms. The lowest BCUT2D eigenvalue weighted by molar-refractivity contribution is 0.172. The monoisotopic (exact) mass is 289 g/mol. The molecule has 2 atom stereocenters. The van der Waals surface area contributed by atoms with Gasteiger partial charge in [-0.15, -0.1) is 0 Å². The van der Waals surface area contributed by atoms with Crippen LogP contribution in [0, 0.1) is 0 Å². The van der Waals surface area contributed by atoms with E-state index in [-0.39, 0.29) is 5.92 Å². The predicted octanol–water partition coefficient (Wildman–Crippen LogP) is 1.43. The quantitative estimate of drug-likeness (QED) is 0.894. The molecular weight excluding hydrogens is 270 g/mol. The number of fused-ring (bicyclic) bond motifs is 2. The highest BCUT2D eigenvalue weighted by Crippen LogP contribution is 2.35. The van der Waals surface area contributed by atoms with E-state index in [2.05, 4.69) is 17.2 Å². The molecule has 112 valence electrons. The minimum absolute atomic E-state index is 0.260. The summed E-state index contributed by atoms with van der Waals surface area (Å²) >= 11 is 0. The maximum absolute atomic E-state index is 5.62. The van der Waals surface area contributed by atoms with E-state index in [0.717, 1.165) is 41.5 Å². The number of ether oxygens (including phenoxy) is 3. The summed E-state index contributed by atoms with van der Waals surface area (Å²) in [6.45, 7) is 5.66. The number of hydrogen-bond donors (Lipinski definition) is 2. The molecule has 0 spiro atoms. The van der Waals surface area contributed by atoms with Crippen LogP contribution in [0.1, 0.15) is 18.7 Å². The Balaban J connectivity index is 1.70. The van der Waals surface area contributed by atoms with Crippen LogP contribution in [0.5, 0.6) is 11.5 Å². The highest BCUT2D eigenvalue weighted by atomic mass is 16.6. The van der Waals surface area contributed by atoms with Crippen LogP contribution in [0.15, 0.2) is 12.1 Å². The summed E-state index contributed by atoms with van der Waals surface area (Å²) in [5.74, 6) is 2.79. The number of aromatic nitrogens is 2. The van der Waals surface area contributed by atoms with Crippen LogP contribution >= 0.6 is 0 Å². The Morgan fingerprint density at radius 2 is 2.05 bits per heavy atom. The summed E-state index contributed by atoms with van der Waals surface area (Å²) in [7, 11) is 0. The van der Waals surface area contributed by atoms with E-state index >= 15 is 0 Å². The first-order chi connectivity index (χ1) is 10.3. The summed E-state index contributed by atoms with van der Waals surface area (Å²) in [6.07, 6.45) is 0. The largest absolute Gasteiger partial charge is 0.486 e. The van der Waals surface area contributed by atoms with Crippen molar-refractivity contribution in [3.8, 4) is 11.5 Å². The zero-order valence-corrected chi connectivity index (χ0v) is 12.0. The third-order valence-electron chi connectivity index (χ3n) is 4.06. The van der Waals surface area contributed by atoms with E-state index in [1.165, 1.54) is 0 Å². The van der Waals surface area contributed by atoms with E-state index in [9.17, 15) is 0 Å². The van der Waals surface area contributed by atoms with E-state index in [0.29, 0.717) is 25.9 Å². The second-order valence-corrected chi connectivity index (χ2v) is 5.44. The molecule has 1 fully saturated rings. The zero-order chi connectivity index (χ0) is 14.2. The van der Waals surface area contributed by atoms with Crippen LogP contribution in [-0.4, -0.2) is 49.0 Å². The number of benzene rings is 1. The number of rotatable bonds is 3. The number of imidazole rings is 1. The van der Waals surface area contributed by atoms with Crippen molar-refractivity contribution in [2.45, 2.75) is 18.9 Å². The van der Waals surface area contributed by atoms with Gasteiger partial charge in [0.1, 0.15) is 19.0 Å². The first-order valence-corrected chi connectivity index (χ1v) is 7.45. The highest BCUT2D eigenvalue weighted by molar-refractivity contribution is 5.80.